The summed E-state index contributed by atoms with van der Waals surface area (Å²) >= 11 is 6.30. The first-order valence-electron chi connectivity index (χ1n) is 7.44. The van der Waals surface area contributed by atoms with Gasteiger partial charge in [0.2, 0.25) is 0 Å². The minimum Gasteiger partial charge on any atom is -0.389 e. The molecule has 1 unspecified atom stereocenters. The van der Waals surface area contributed by atoms with Gasteiger partial charge in [-0.3, -0.25) is 0 Å². The van der Waals surface area contributed by atoms with E-state index in [-0.39, 0.29) is 0 Å². The van der Waals surface area contributed by atoms with E-state index in [1.807, 2.05) is 12.1 Å². The van der Waals surface area contributed by atoms with E-state index >= 15 is 0 Å². The minimum absolute atomic E-state index is 0.531. The van der Waals surface area contributed by atoms with Gasteiger partial charge in [0.25, 0.3) is 0 Å². The summed E-state index contributed by atoms with van der Waals surface area (Å²) in [5.41, 5.74) is 4.76. The number of hydrogen-bond donors (Lipinski definition) is 1. The maximum atomic E-state index is 9.68. The van der Waals surface area contributed by atoms with E-state index in [0.29, 0.717) is 5.02 Å². The molecule has 0 aliphatic carbocycles. The van der Waals surface area contributed by atoms with E-state index in [4.69, 9.17) is 11.6 Å². The molecule has 2 nitrogen and oxygen atoms in total. The molecule has 0 saturated heterocycles. The van der Waals surface area contributed by atoms with Crippen molar-refractivity contribution in [1.29, 1.82) is 0 Å². The fourth-order valence-electron chi connectivity index (χ4n) is 2.97. The lowest BCUT2D eigenvalue weighted by Gasteiger charge is -2.24. The van der Waals surface area contributed by atoms with Crippen LogP contribution in [0.25, 0.3) is 0 Å². The fourth-order valence-corrected chi connectivity index (χ4v) is 3.31. The SMILES string of the molecule is CC(O)c1ccc(N2CCCc3ccccc3C2)cc1Cl. The number of rotatable bonds is 2. The van der Waals surface area contributed by atoms with Crippen LogP contribution in [0, 0.1) is 0 Å². The van der Waals surface area contributed by atoms with Crippen molar-refractivity contribution in [3.8, 4) is 0 Å². The second kappa shape index (κ2) is 6.08. The van der Waals surface area contributed by atoms with E-state index < -0.39 is 6.10 Å². The molecular formula is C18H20ClNO. The first-order chi connectivity index (χ1) is 10.1. The van der Waals surface area contributed by atoms with E-state index in [1.54, 1.807) is 6.92 Å². The van der Waals surface area contributed by atoms with Crippen molar-refractivity contribution >= 4 is 17.3 Å². The second-order valence-electron chi connectivity index (χ2n) is 5.68. The van der Waals surface area contributed by atoms with Gasteiger partial charge in [-0.25, -0.2) is 0 Å². The van der Waals surface area contributed by atoms with Crippen LogP contribution in [0.15, 0.2) is 42.5 Å². The Morgan fingerprint density at radius 2 is 1.90 bits per heavy atom. The van der Waals surface area contributed by atoms with Gasteiger partial charge in [-0.2, -0.15) is 0 Å². The lowest BCUT2D eigenvalue weighted by Crippen LogP contribution is -2.22. The molecule has 110 valence electrons. The number of anilines is 1. The largest absolute Gasteiger partial charge is 0.389 e. The summed E-state index contributed by atoms with van der Waals surface area (Å²) in [6.45, 7) is 3.68. The van der Waals surface area contributed by atoms with Crippen LogP contribution in [0.5, 0.6) is 0 Å². The van der Waals surface area contributed by atoms with Gasteiger partial charge in [0.05, 0.1) is 6.10 Å². The van der Waals surface area contributed by atoms with Crippen LogP contribution in [0.3, 0.4) is 0 Å². The zero-order chi connectivity index (χ0) is 14.8. The average Bonchev–Trinajstić information content (AvgIpc) is 2.68. The summed E-state index contributed by atoms with van der Waals surface area (Å²) in [7, 11) is 0. The van der Waals surface area contributed by atoms with Crippen molar-refractivity contribution in [1.82, 2.24) is 0 Å². The Bertz CT molecular complexity index is 639. The van der Waals surface area contributed by atoms with Gasteiger partial charge >= 0.3 is 0 Å². The zero-order valence-electron chi connectivity index (χ0n) is 12.2. The van der Waals surface area contributed by atoms with Crippen molar-refractivity contribution in [2.24, 2.45) is 0 Å². The number of aliphatic hydroxyl groups excluding tert-OH is 1. The fraction of sp³-hybridized carbons (Fsp3) is 0.333. The molecule has 0 amide bonds. The van der Waals surface area contributed by atoms with Crippen LogP contribution in [0.2, 0.25) is 5.02 Å². The molecule has 1 aliphatic rings. The smallest absolute Gasteiger partial charge is 0.0776 e. The third kappa shape index (κ3) is 3.07. The third-order valence-corrected chi connectivity index (χ3v) is 4.48. The number of fused-ring (bicyclic) bond motifs is 1. The lowest BCUT2D eigenvalue weighted by atomic mass is 10.0. The molecule has 1 aliphatic heterocycles. The zero-order valence-corrected chi connectivity index (χ0v) is 13.0. The van der Waals surface area contributed by atoms with Crippen molar-refractivity contribution in [3.05, 3.63) is 64.2 Å². The van der Waals surface area contributed by atoms with E-state index in [1.165, 1.54) is 11.1 Å². The molecule has 0 aromatic heterocycles. The van der Waals surface area contributed by atoms with Gasteiger partial charge < -0.3 is 10.0 Å². The van der Waals surface area contributed by atoms with E-state index in [2.05, 4.69) is 35.2 Å². The number of hydrogen-bond acceptors (Lipinski definition) is 2. The molecule has 0 saturated carbocycles. The standard InChI is InChI=1S/C18H20ClNO/c1-13(21)17-9-8-16(11-18(17)19)20-10-4-7-14-5-2-3-6-15(14)12-20/h2-3,5-6,8-9,11,13,21H,4,7,10,12H2,1H3. The predicted molar refractivity (Wildman–Crippen MR) is 87.9 cm³/mol. The topological polar surface area (TPSA) is 23.5 Å². The molecular weight excluding hydrogens is 282 g/mol. The highest BCUT2D eigenvalue weighted by molar-refractivity contribution is 6.31. The normalized spacial score (nSPS) is 16.2. The molecule has 2 aromatic carbocycles. The van der Waals surface area contributed by atoms with Gasteiger partial charge in [-0.05, 0) is 48.6 Å². The first-order valence-corrected chi connectivity index (χ1v) is 7.82. The van der Waals surface area contributed by atoms with Gasteiger partial charge in [0, 0.05) is 23.8 Å². The van der Waals surface area contributed by atoms with Crippen molar-refractivity contribution in [2.45, 2.75) is 32.4 Å². The van der Waals surface area contributed by atoms with Crippen LogP contribution in [-0.2, 0) is 13.0 Å². The maximum Gasteiger partial charge on any atom is 0.0776 e. The summed E-state index contributed by atoms with van der Waals surface area (Å²) in [4.78, 5) is 2.36. The monoisotopic (exact) mass is 301 g/mol. The number of aliphatic hydroxyl groups is 1. The third-order valence-electron chi connectivity index (χ3n) is 4.15. The Labute approximate surface area is 131 Å². The molecule has 21 heavy (non-hydrogen) atoms. The number of halogens is 1. The quantitative estimate of drug-likeness (QED) is 0.891. The minimum atomic E-state index is -0.531. The predicted octanol–water partition coefficient (Wildman–Crippen LogP) is 4.35. The van der Waals surface area contributed by atoms with E-state index in [0.717, 1.165) is 37.2 Å². The van der Waals surface area contributed by atoms with Crippen LogP contribution in [-0.4, -0.2) is 11.7 Å². The molecule has 0 spiro atoms. The van der Waals surface area contributed by atoms with Crippen molar-refractivity contribution in [3.63, 3.8) is 0 Å². The molecule has 1 atom stereocenters. The maximum absolute atomic E-state index is 9.68. The summed E-state index contributed by atoms with van der Waals surface area (Å²) in [5.74, 6) is 0. The van der Waals surface area contributed by atoms with Crippen LogP contribution < -0.4 is 4.90 Å². The van der Waals surface area contributed by atoms with Crippen LogP contribution in [0.4, 0.5) is 5.69 Å². The highest BCUT2D eigenvalue weighted by atomic mass is 35.5. The first kappa shape index (κ1) is 14.4. The highest BCUT2D eigenvalue weighted by Gasteiger charge is 2.16. The molecule has 1 heterocycles. The lowest BCUT2D eigenvalue weighted by molar-refractivity contribution is 0.199. The van der Waals surface area contributed by atoms with Crippen molar-refractivity contribution in [2.75, 3.05) is 11.4 Å². The Morgan fingerprint density at radius 3 is 2.62 bits per heavy atom. The van der Waals surface area contributed by atoms with Crippen LogP contribution >= 0.6 is 11.6 Å². The van der Waals surface area contributed by atoms with Gasteiger partial charge in [-0.15, -0.1) is 0 Å². The average molecular weight is 302 g/mol. The Kier molecular flexibility index (Phi) is 4.18. The van der Waals surface area contributed by atoms with E-state index in [9.17, 15) is 5.11 Å². The Balaban J connectivity index is 1.89. The van der Waals surface area contributed by atoms with Crippen LogP contribution in [0.1, 0.15) is 36.1 Å². The molecule has 0 radical (unpaired) electrons. The van der Waals surface area contributed by atoms with Gasteiger partial charge in [0.15, 0.2) is 0 Å². The van der Waals surface area contributed by atoms with Gasteiger partial charge in [0.1, 0.15) is 0 Å². The second-order valence-corrected chi connectivity index (χ2v) is 6.08. The number of benzene rings is 2. The Hall–Kier alpha value is -1.51. The number of nitrogens with zero attached hydrogens (tertiary/aromatic N) is 1. The summed E-state index contributed by atoms with van der Waals surface area (Å²) in [5, 5.41) is 10.3. The molecule has 0 bridgehead atoms. The molecule has 1 N–H and O–H groups in total. The number of aryl methyl sites for hydroxylation is 1. The molecule has 2 aromatic rings. The molecule has 3 heteroatoms. The Morgan fingerprint density at radius 1 is 1.14 bits per heavy atom. The molecule has 0 fully saturated rings. The summed E-state index contributed by atoms with van der Waals surface area (Å²) < 4.78 is 0. The summed E-state index contributed by atoms with van der Waals surface area (Å²) in [6.07, 6.45) is 1.75. The van der Waals surface area contributed by atoms with Crippen molar-refractivity contribution < 1.29 is 5.11 Å². The summed E-state index contributed by atoms with van der Waals surface area (Å²) in [6, 6.07) is 14.6. The van der Waals surface area contributed by atoms with Gasteiger partial charge in [-0.1, -0.05) is 41.9 Å². The highest BCUT2D eigenvalue weighted by Crippen LogP contribution is 2.30. The molecule has 3 rings (SSSR count).